The second kappa shape index (κ2) is 11.1. The summed E-state index contributed by atoms with van der Waals surface area (Å²) in [7, 11) is 1.27. The summed E-state index contributed by atoms with van der Waals surface area (Å²) in [5, 5.41) is -0.0340. The van der Waals surface area contributed by atoms with Crippen molar-refractivity contribution in [3.05, 3.63) is 115 Å². The highest BCUT2D eigenvalue weighted by molar-refractivity contribution is 7.98. The van der Waals surface area contributed by atoms with E-state index in [4.69, 9.17) is 4.74 Å². The number of carbonyl (C=O) groups excluding carboxylic acids is 1. The number of thioether (sulfide) groups is 1. The van der Waals surface area contributed by atoms with Crippen LogP contribution in [0.2, 0.25) is 0 Å². The molecule has 8 nitrogen and oxygen atoms in total. The molecular weight excluding hydrogens is 521 g/mol. The zero-order chi connectivity index (χ0) is 27.6. The number of ether oxygens (including phenoxy) is 1. The number of aryl methyl sites for hydroxylation is 1. The maximum Gasteiger partial charge on any atom is 0.358 e. The fraction of sp³-hybridized carbons (Fsp3) is 0.192. The fourth-order valence-electron chi connectivity index (χ4n) is 3.96. The Hall–Kier alpha value is -4.19. The number of pyridine rings is 1. The molecule has 2 aromatic carbocycles. The number of nitrogens with zero attached hydrogens (tertiary/aromatic N) is 4. The summed E-state index contributed by atoms with van der Waals surface area (Å²) in [6.45, 7) is 1.25. The lowest BCUT2D eigenvalue weighted by Crippen LogP contribution is -2.42. The molecule has 0 aliphatic rings. The molecule has 0 aliphatic carbocycles. The minimum atomic E-state index is -1.36. The van der Waals surface area contributed by atoms with Crippen LogP contribution in [-0.2, 0) is 17.7 Å². The number of benzene rings is 2. The SMILES string of the molecule is COC(=O)c1cccc(Cc2c(C)cncc2-n2c(=O)nc(SC)n(Cc3cc(F)c(F)cc3F)c2=O)c1. The van der Waals surface area contributed by atoms with Crippen molar-refractivity contribution in [1.29, 1.82) is 0 Å². The van der Waals surface area contributed by atoms with E-state index >= 15 is 0 Å². The summed E-state index contributed by atoms with van der Waals surface area (Å²) in [5.41, 5.74) is 0.342. The minimum Gasteiger partial charge on any atom is -0.465 e. The van der Waals surface area contributed by atoms with Crippen molar-refractivity contribution in [1.82, 2.24) is 19.1 Å². The van der Waals surface area contributed by atoms with Gasteiger partial charge in [0.25, 0.3) is 0 Å². The van der Waals surface area contributed by atoms with Gasteiger partial charge in [0, 0.05) is 17.8 Å². The molecule has 2 aromatic heterocycles. The van der Waals surface area contributed by atoms with Crippen molar-refractivity contribution in [2.24, 2.45) is 0 Å². The van der Waals surface area contributed by atoms with E-state index in [0.717, 1.165) is 20.9 Å². The Kier molecular flexibility index (Phi) is 7.81. The Morgan fingerprint density at radius 1 is 1.05 bits per heavy atom. The molecule has 4 rings (SSSR count). The molecule has 12 heteroatoms. The third-order valence-corrected chi connectivity index (χ3v) is 6.53. The number of hydrogen-bond acceptors (Lipinski definition) is 7. The summed E-state index contributed by atoms with van der Waals surface area (Å²) in [6, 6.07) is 7.74. The maximum atomic E-state index is 14.4. The number of esters is 1. The molecule has 0 aliphatic heterocycles. The predicted molar refractivity (Wildman–Crippen MR) is 134 cm³/mol. The number of rotatable bonds is 7. The van der Waals surface area contributed by atoms with Crippen molar-refractivity contribution in [3.63, 3.8) is 0 Å². The Balaban J connectivity index is 1.87. The van der Waals surface area contributed by atoms with Crippen LogP contribution in [0.4, 0.5) is 13.2 Å². The Morgan fingerprint density at radius 2 is 1.79 bits per heavy atom. The molecule has 0 spiro atoms. The number of methoxy groups -OCH3 is 1. The molecule has 0 N–H and O–H groups in total. The molecule has 2 heterocycles. The highest BCUT2D eigenvalue weighted by Crippen LogP contribution is 2.22. The van der Waals surface area contributed by atoms with Crippen molar-refractivity contribution < 1.29 is 22.7 Å². The van der Waals surface area contributed by atoms with Crippen LogP contribution in [0.3, 0.4) is 0 Å². The van der Waals surface area contributed by atoms with Gasteiger partial charge in [0.1, 0.15) is 5.82 Å². The third-order valence-electron chi connectivity index (χ3n) is 5.86. The molecule has 0 radical (unpaired) electrons. The number of carbonyl (C=O) groups is 1. The molecule has 4 aromatic rings. The fourth-order valence-corrected chi connectivity index (χ4v) is 4.49. The highest BCUT2D eigenvalue weighted by Gasteiger charge is 2.20. The summed E-state index contributed by atoms with van der Waals surface area (Å²) < 4.78 is 48.2. The van der Waals surface area contributed by atoms with E-state index in [1.807, 2.05) is 0 Å². The van der Waals surface area contributed by atoms with Gasteiger partial charge in [-0.2, -0.15) is 4.98 Å². The molecule has 0 amide bonds. The van der Waals surface area contributed by atoms with E-state index in [1.165, 1.54) is 13.3 Å². The van der Waals surface area contributed by atoms with Crippen LogP contribution in [0.25, 0.3) is 5.69 Å². The second-order valence-electron chi connectivity index (χ2n) is 8.27. The normalized spacial score (nSPS) is 11.0. The average molecular weight is 543 g/mol. The lowest BCUT2D eigenvalue weighted by atomic mass is 9.99. The second-order valence-corrected chi connectivity index (χ2v) is 9.04. The van der Waals surface area contributed by atoms with Gasteiger partial charge < -0.3 is 4.74 Å². The van der Waals surface area contributed by atoms with Crippen LogP contribution >= 0.6 is 11.8 Å². The van der Waals surface area contributed by atoms with Gasteiger partial charge in [0.15, 0.2) is 16.8 Å². The van der Waals surface area contributed by atoms with Crippen LogP contribution in [0, 0.1) is 24.4 Å². The van der Waals surface area contributed by atoms with Crippen molar-refractivity contribution in [2.75, 3.05) is 13.4 Å². The lowest BCUT2D eigenvalue weighted by Gasteiger charge is -2.17. The van der Waals surface area contributed by atoms with E-state index in [-0.39, 0.29) is 22.8 Å². The van der Waals surface area contributed by atoms with Gasteiger partial charge in [-0.25, -0.2) is 32.1 Å². The molecule has 196 valence electrons. The molecule has 0 fully saturated rings. The topological polar surface area (TPSA) is 96.1 Å². The zero-order valence-corrected chi connectivity index (χ0v) is 21.3. The number of halogens is 3. The molecule has 0 bridgehead atoms. The number of aromatic nitrogens is 4. The summed E-state index contributed by atoms with van der Waals surface area (Å²) in [6.07, 6.45) is 4.69. The van der Waals surface area contributed by atoms with Gasteiger partial charge in [-0.3, -0.25) is 9.55 Å². The molecule has 0 saturated heterocycles. The van der Waals surface area contributed by atoms with E-state index in [2.05, 4.69) is 9.97 Å². The molecular formula is C26H21F3N4O4S. The van der Waals surface area contributed by atoms with Crippen LogP contribution in [0.1, 0.15) is 32.6 Å². The monoisotopic (exact) mass is 542 g/mol. The van der Waals surface area contributed by atoms with E-state index in [1.54, 1.807) is 43.6 Å². The van der Waals surface area contributed by atoms with Gasteiger partial charge in [-0.15, -0.1) is 0 Å². The van der Waals surface area contributed by atoms with Gasteiger partial charge in [-0.1, -0.05) is 23.9 Å². The Labute approximate surface area is 218 Å². The largest absolute Gasteiger partial charge is 0.465 e. The standard InChI is InChI=1S/C26H21F3N4O4S/c1-14-11-30-12-22(18(14)8-15-5-4-6-16(7-15)23(34)37-2)33-24(35)31-25(38-3)32(26(33)36)13-17-9-20(28)21(29)10-19(17)27/h4-7,9-12H,8,13H2,1-3H3. The first-order valence-corrected chi connectivity index (χ1v) is 12.4. The minimum absolute atomic E-state index is 0.0340. The summed E-state index contributed by atoms with van der Waals surface area (Å²) in [5.74, 6) is -4.21. The third kappa shape index (κ3) is 5.25. The first-order valence-electron chi connectivity index (χ1n) is 11.2. The van der Waals surface area contributed by atoms with Crippen LogP contribution < -0.4 is 11.4 Å². The smallest absolute Gasteiger partial charge is 0.358 e. The zero-order valence-electron chi connectivity index (χ0n) is 20.5. The van der Waals surface area contributed by atoms with E-state index in [9.17, 15) is 27.6 Å². The highest BCUT2D eigenvalue weighted by atomic mass is 32.2. The maximum absolute atomic E-state index is 14.4. The van der Waals surface area contributed by atoms with Crippen LogP contribution in [0.15, 0.2) is 63.5 Å². The van der Waals surface area contributed by atoms with Gasteiger partial charge >= 0.3 is 17.3 Å². The lowest BCUT2D eigenvalue weighted by molar-refractivity contribution is 0.0600. The number of hydrogen-bond donors (Lipinski definition) is 0. The summed E-state index contributed by atoms with van der Waals surface area (Å²) >= 11 is 0.965. The Morgan fingerprint density at radius 3 is 2.50 bits per heavy atom. The predicted octanol–water partition coefficient (Wildman–Crippen LogP) is 3.66. The quantitative estimate of drug-likeness (QED) is 0.200. The van der Waals surface area contributed by atoms with Gasteiger partial charge in [0.05, 0.1) is 31.1 Å². The van der Waals surface area contributed by atoms with Crippen molar-refractivity contribution in [2.45, 2.75) is 25.0 Å². The van der Waals surface area contributed by atoms with Crippen molar-refractivity contribution in [3.8, 4) is 5.69 Å². The van der Waals surface area contributed by atoms with Crippen LogP contribution in [-0.4, -0.2) is 38.4 Å². The van der Waals surface area contributed by atoms with Crippen molar-refractivity contribution >= 4 is 17.7 Å². The van der Waals surface area contributed by atoms with Crippen LogP contribution in [0.5, 0.6) is 0 Å². The molecule has 0 saturated carbocycles. The van der Waals surface area contributed by atoms with E-state index in [0.29, 0.717) is 34.4 Å². The average Bonchev–Trinajstić information content (AvgIpc) is 2.90. The molecule has 0 unspecified atom stereocenters. The first kappa shape index (κ1) is 26.9. The molecule has 38 heavy (non-hydrogen) atoms. The molecule has 0 atom stereocenters. The van der Waals surface area contributed by atoms with E-state index < -0.39 is 41.3 Å². The van der Waals surface area contributed by atoms with Gasteiger partial charge in [0.2, 0.25) is 0 Å². The Bertz CT molecular complexity index is 1670. The summed E-state index contributed by atoms with van der Waals surface area (Å²) in [4.78, 5) is 46.7. The first-order chi connectivity index (χ1) is 18.1. The van der Waals surface area contributed by atoms with Gasteiger partial charge in [-0.05, 0) is 54.5 Å².